The van der Waals surface area contributed by atoms with Crippen molar-refractivity contribution in [3.8, 4) is 55.6 Å². The number of nitrogens with zero attached hydrogens (tertiary/aromatic N) is 1. The topological polar surface area (TPSA) is 3.24 Å². The maximum Gasteiger partial charge on any atom is 0.116 e. The van der Waals surface area contributed by atoms with Crippen molar-refractivity contribution >= 4 is 474 Å². The monoisotopic (exact) mass is 1050 g/mol. The van der Waals surface area contributed by atoms with Crippen LogP contribution in [0.3, 0.4) is 0 Å². The lowest BCUT2D eigenvalue weighted by molar-refractivity contribution is 1.33. The Morgan fingerprint density at radius 2 is 0.557 bits per heavy atom. The first kappa shape index (κ1) is 66.0. The van der Waals surface area contributed by atoms with E-state index in [0.29, 0.717) is 0 Å². The van der Waals surface area contributed by atoms with E-state index in [2.05, 4.69) is 0 Å². The first-order chi connectivity index (χ1) is 41.0. The minimum atomic E-state index is -0.263. The van der Waals surface area contributed by atoms with E-state index in [4.69, 9.17) is 251 Å². The van der Waals surface area contributed by atoms with E-state index >= 15 is 0 Å². The quantitative estimate of drug-likeness (QED) is 0.137. The standard InChI is InChI=1S/C54H5B32NS/c55-8-1-6(2-9(56)16(8)20-32(67)42(77)48(83)43(78)33(20)68)87(14-5-11(58)18(31(66)28(14)63)17-10(57)4-12(59)27(62)30(17)65)52-13(60)3-7(26(61)51(52)86)15-19-24-38(73)41(76)39(74)25(23-36(71)46(81)50(85)47(82)37(23)72)53(24)88-54(19)40(75)21(29(15)64)22-34(69)44(79)49(84)45(80)35(22)70/h1-5H. The molecular formula is C54H5B32NS. The molecule has 1 aromatic heterocycles. The van der Waals surface area contributed by atoms with Gasteiger partial charge in [-0.3, -0.25) is 0 Å². The summed E-state index contributed by atoms with van der Waals surface area (Å²) in [5.74, 6) is 0. The molecule has 0 aliphatic heterocycles. The minimum absolute atomic E-state index is 0.00198. The fourth-order valence-electron chi connectivity index (χ4n) is 11.4. The highest BCUT2D eigenvalue weighted by atomic mass is 32.1. The summed E-state index contributed by atoms with van der Waals surface area (Å²) in [4.78, 5) is 1.43. The van der Waals surface area contributed by atoms with Crippen molar-refractivity contribution in [3.05, 3.63) is 30.3 Å². The van der Waals surface area contributed by atoms with Crippen LogP contribution in [0.4, 0.5) is 17.1 Å². The summed E-state index contributed by atoms with van der Waals surface area (Å²) in [7, 11) is 215. The van der Waals surface area contributed by atoms with Crippen molar-refractivity contribution in [2.75, 3.05) is 4.90 Å². The number of fused-ring (bicyclic) bond motifs is 3. The number of hydrogen-bond donors (Lipinski definition) is 0. The molecule has 1 heterocycles. The van der Waals surface area contributed by atoms with Crippen LogP contribution in [0, 0.1) is 0 Å². The fourth-order valence-corrected chi connectivity index (χ4v) is 12.7. The molecular weight excluding hydrogens is 1040 g/mol. The number of hydrogen-bond acceptors (Lipinski definition) is 2. The van der Waals surface area contributed by atoms with Gasteiger partial charge < -0.3 is 4.90 Å². The van der Waals surface area contributed by atoms with Crippen molar-refractivity contribution in [2.45, 2.75) is 0 Å². The van der Waals surface area contributed by atoms with Crippen LogP contribution >= 0.6 is 11.3 Å². The van der Waals surface area contributed by atoms with Crippen LogP contribution in [-0.4, -0.2) is 251 Å². The Labute approximate surface area is 560 Å². The van der Waals surface area contributed by atoms with Gasteiger partial charge >= 0.3 is 0 Å². The second kappa shape index (κ2) is 23.6. The summed E-state index contributed by atoms with van der Waals surface area (Å²) in [5, 5.41) is 0.385. The molecule has 64 radical (unpaired) electrons. The van der Waals surface area contributed by atoms with Crippen LogP contribution in [0.5, 0.6) is 0 Å². The molecule has 10 aromatic rings. The predicted molar refractivity (Wildman–Crippen MR) is 414 cm³/mol. The van der Waals surface area contributed by atoms with Crippen molar-refractivity contribution < 1.29 is 0 Å². The second-order valence-corrected chi connectivity index (χ2v) is 22.0. The molecule has 328 valence electrons. The Balaban J connectivity index is 1.36. The molecule has 0 fully saturated rings. The summed E-state index contributed by atoms with van der Waals surface area (Å²) >= 11 is 1.03. The van der Waals surface area contributed by atoms with Gasteiger partial charge in [0.05, 0.1) is 0 Å². The smallest absolute Gasteiger partial charge is 0.116 e. The van der Waals surface area contributed by atoms with Crippen LogP contribution in [0.25, 0.3) is 75.8 Å². The van der Waals surface area contributed by atoms with Gasteiger partial charge in [0, 0.05) is 31.8 Å². The Bertz CT molecular complexity index is 4730. The Hall–Kier alpha value is -4.92. The molecule has 0 bridgehead atoms. The molecule has 9 aromatic carbocycles. The first-order valence-electron chi connectivity index (χ1n) is 25.7. The molecule has 0 atom stereocenters. The van der Waals surface area contributed by atoms with Gasteiger partial charge in [-0.05, 0) is 79.2 Å². The van der Waals surface area contributed by atoms with Crippen LogP contribution in [0.2, 0.25) is 0 Å². The zero-order valence-electron chi connectivity index (χ0n) is 46.7. The van der Waals surface area contributed by atoms with Crippen LogP contribution in [-0.2, 0) is 0 Å². The zero-order valence-corrected chi connectivity index (χ0v) is 47.5. The number of benzene rings is 9. The highest BCUT2D eigenvalue weighted by Crippen LogP contribution is 2.42. The summed E-state index contributed by atoms with van der Waals surface area (Å²) in [5.41, 5.74) is -2.47. The number of anilines is 3. The molecule has 0 aliphatic carbocycles. The van der Waals surface area contributed by atoms with E-state index in [1.54, 1.807) is 0 Å². The van der Waals surface area contributed by atoms with Crippen molar-refractivity contribution in [1.82, 2.24) is 0 Å². The molecule has 10 rings (SSSR count). The maximum absolute atomic E-state index is 7.48. The van der Waals surface area contributed by atoms with Gasteiger partial charge in [0.2, 0.25) is 0 Å². The number of thiophene rings is 1. The maximum atomic E-state index is 7.48. The molecule has 0 spiro atoms. The summed E-state index contributed by atoms with van der Waals surface area (Å²) < 4.78 is 0.506. The molecule has 34 heteroatoms. The van der Waals surface area contributed by atoms with Crippen LogP contribution < -0.4 is 180 Å². The lowest BCUT2D eigenvalue weighted by Crippen LogP contribution is -2.56. The third-order valence-corrected chi connectivity index (χ3v) is 17.4. The summed E-state index contributed by atoms with van der Waals surface area (Å²) in [6.07, 6.45) is 0. The van der Waals surface area contributed by atoms with Crippen LogP contribution in [0.15, 0.2) is 30.3 Å². The van der Waals surface area contributed by atoms with Gasteiger partial charge in [-0.25, -0.2) is 0 Å². The average molecular weight is 1050 g/mol. The summed E-state index contributed by atoms with van der Waals surface area (Å²) in [6, 6.07) is 7.16. The van der Waals surface area contributed by atoms with Crippen LogP contribution in [0.1, 0.15) is 0 Å². The van der Waals surface area contributed by atoms with Gasteiger partial charge in [0.15, 0.2) is 0 Å². The van der Waals surface area contributed by atoms with Crippen molar-refractivity contribution in [3.63, 3.8) is 0 Å². The van der Waals surface area contributed by atoms with E-state index in [1.165, 1.54) is 35.2 Å². The normalized spacial score (nSPS) is 11.5. The largest absolute Gasteiger partial charge is 0.312 e. The Morgan fingerprint density at radius 1 is 0.205 bits per heavy atom. The minimum Gasteiger partial charge on any atom is -0.312 e. The third-order valence-electron chi connectivity index (χ3n) is 16.1. The number of rotatable bonds is 8. The van der Waals surface area contributed by atoms with Gasteiger partial charge in [0.25, 0.3) is 0 Å². The predicted octanol–water partition coefficient (Wildman–Crippen LogP) is -22.7. The second-order valence-electron chi connectivity index (χ2n) is 21.0. The van der Waals surface area contributed by atoms with Gasteiger partial charge in [-0.2, -0.15) is 0 Å². The zero-order chi connectivity index (χ0) is 65.1. The molecule has 0 unspecified atom stereocenters. The van der Waals surface area contributed by atoms with E-state index < -0.39 is 0 Å². The Kier molecular flexibility index (Phi) is 17.7. The lowest BCUT2D eigenvalue weighted by Gasteiger charge is -2.36. The highest BCUT2D eigenvalue weighted by Gasteiger charge is 2.31. The third kappa shape index (κ3) is 9.74. The molecule has 0 N–H and O–H groups in total. The SMILES string of the molecule is [B]c1cc([B])c(-c2c([B])cc(N(c3cc([B])c(-c4c([B])c([B])c([B])c([B])c4[B])c([B])c3)c3c([B])cc(-c4c([B])c(-c5c([B])c([B])c([B])c([B])c5[B])c([B])c5sc6c(-c7c([B])c([B])c([B])c([B])c7[B])c([B])c([B])c([B])c6c45)c([B])c3[B])c([B])c2[B])c([B])c1[B]. The van der Waals surface area contributed by atoms with Crippen molar-refractivity contribution in [1.29, 1.82) is 0 Å². The van der Waals surface area contributed by atoms with E-state index in [1.807, 2.05) is 0 Å². The van der Waals surface area contributed by atoms with Gasteiger partial charge in [-0.1, -0.05) is 121 Å². The lowest BCUT2D eigenvalue weighted by atomic mass is 9.57. The van der Waals surface area contributed by atoms with Gasteiger partial charge in [0.1, 0.15) is 251 Å². The summed E-state index contributed by atoms with van der Waals surface area (Å²) in [6.45, 7) is 0. The first-order valence-corrected chi connectivity index (χ1v) is 26.5. The van der Waals surface area contributed by atoms with E-state index in [0.717, 1.165) is 11.3 Å². The molecule has 88 heavy (non-hydrogen) atoms. The van der Waals surface area contributed by atoms with Gasteiger partial charge in [-0.15, -0.1) is 76.9 Å². The Morgan fingerprint density at radius 3 is 1.02 bits per heavy atom. The molecule has 0 aliphatic rings. The average Bonchev–Trinajstić information content (AvgIpc) is 1.48. The van der Waals surface area contributed by atoms with Crippen molar-refractivity contribution in [2.24, 2.45) is 0 Å². The molecule has 0 saturated carbocycles. The molecule has 0 amide bonds. The highest BCUT2D eigenvalue weighted by molar-refractivity contribution is 7.28. The fraction of sp³-hybridized carbons (Fsp3) is 0. The van der Waals surface area contributed by atoms with E-state index in [-0.39, 0.29) is 268 Å². The molecule has 1 nitrogen and oxygen atoms in total. The van der Waals surface area contributed by atoms with E-state index in [9.17, 15) is 0 Å². The molecule has 0 saturated heterocycles.